The first-order valence-electron chi connectivity index (χ1n) is 7.23. The van der Waals surface area contributed by atoms with E-state index < -0.39 is 5.60 Å². The van der Waals surface area contributed by atoms with Gasteiger partial charge in [-0.2, -0.15) is 0 Å². The number of hydrogen-bond donors (Lipinski definition) is 0. The summed E-state index contributed by atoms with van der Waals surface area (Å²) in [6, 6.07) is 5.60. The monoisotopic (exact) mass is 371 g/mol. The largest absolute Gasteiger partial charge is 0.496 e. The van der Waals surface area contributed by atoms with Gasteiger partial charge in [0.15, 0.2) is 0 Å². The lowest BCUT2D eigenvalue weighted by atomic mass is 10.0. The second-order valence-corrected chi connectivity index (χ2v) is 7.21. The molecule has 1 aliphatic rings. The molecule has 0 N–H and O–H groups in total. The Labute approximate surface area is 139 Å². The molecule has 1 aromatic carbocycles. The zero-order valence-electron chi connectivity index (χ0n) is 13.4. The van der Waals surface area contributed by atoms with Gasteiger partial charge in [0.1, 0.15) is 17.1 Å². The molecule has 1 aromatic rings. The summed E-state index contributed by atoms with van der Waals surface area (Å²) in [6.45, 7) is 7.53. The van der Waals surface area contributed by atoms with Crippen LogP contribution in [0.2, 0.25) is 0 Å². The lowest BCUT2D eigenvalue weighted by Crippen LogP contribution is -2.53. The molecule has 0 atom stereocenters. The SMILES string of the molecule is COc1ccc(OCC2CN(C(=O)OC(C)(C)C)C2)cc1Br. The highest BCUT2D eigenvalue weighted by Crippen LogP contribution is 2.29. The van der Waals surface area contributed by atoms with Crippen LogP contribution in [0.4, 0.5) is 4.79 Å². The van der Waals surface area contributed by atoms with E-state index in [0.29, 0.717) is 25.6 Å². The molecule has 1 saturated heterocycles. The molecule has 0 aliphatic carbocycles. The van der Waals surface area contributed by atoms with Crippen LogP contribution in [0.1, 0.15) is 20.8 Å². The Kier molecular flexibility index (Phi) is 5.21. The summed E-state index contributed by atoms with van der Waals surface area (Å²) in [5.41, 5.74) is -0.450. The zero-order valence-corrected chi connectivity index (χ0v) is 15.0. The number of carbonyl (C=O) groups is 1. The first-order chi connectivity index (χ1) is 10.3. The molecule has 0 saturated carbocycles. The molecule has 0 bridgehead atoms. The van der Waals surface area contributed by atoms with E-state index in [0.717, 1.165) is 16.0 Å². The molecule has 1 heterocycles. The molecular formula is C16H22BrNO4. The third kappa shape index (κ3) is 4.53. The van der Waals surface area contributed by atoms with Gasteiger partial charge in [-0.05, 0) is 54.9 Å². The average molecular weight is 372 g/mol. The van der Waals surface area contributed by atoms with E-state index >= 15 is 0 Å². The highest BCUT2D eigenvalue weighted by Gasteiger charge is 2.34. The Bertz CT molecular complexity index is 535. The first kappa shape index (κ1) is 16.9. The summed E-state index contributed by atoms with van der Waals surface area (Å²) in [6.07, 6.45) is -0.254. The van der Waals surface area contributed by atoms with Crippen LogP contribution in [-0.4, -0.2) is 43.4 Å². The number of benzene rings is 1. The standard InChI is InChI=1S/C16H22BrNO4/c1-16(2,3)22-15(19)18-8-11(9-18)10-21-12-5-6-14(20-4)13(17)7-12/h5-7,11H,8-10H2,1-4H3. The van der Waals surface area contributed by atoms with E-state index in [9.17, 15) is 4.79 Å². The van der Waals surface area contributed by atoms with Gasteiger partial charge in [-0.25, -0.2) is 4.79 Å². The lowest BCUT2D eigenvalue weighted by molar-refractivity contribution is -0.00782. The molecule has 6 heteroatoms. The molecule has 122 valence electrons. The van der Waals surface area contributed by atoms with Gasteiger partial charge in [-0.1, -0.05) is 0 Å². The molecule has 1 fully saturated rings. The molecule has 1 amide bonds. The maximum atomic E-state index is 11.8. The quantitative estimate of drug-likeness (QED) is 0.809. The van der Waals surface area contributed by atoms with Crippen LogP contribution < -0.4 is 9.47 Å². The number of hydrogen-bond acceptors (Lipinski definition) is 4. The number of rotatable bonds is 4. The first-order valence-corrected chi connectivity index (χ1v) is 8.02. The van der Waals surface area contributed by atoms with Crippen molar-refractivity contribution >= 4 is 22.0 Å². The Balaban J connectivity index is 1.74. The Hall–Kier alpha value is -1.43. The number of nitrogens with zero attached hydrogens (tertiary/aromatic N) is 1. The second-order valence-electron chi connectivity index (χ2n) is 6.36. The lowest BCUT2D eigenvalue weighted by Gasteiger charge is -2.39. The van der Waals surface area contributed by atoms with E-state index in [1.54, 1.807) is 12.0 Å². The van der Waals surface area contributed by atoms with Crippen molar-refractivity contribution in [2.75, 3.05) is 26.8 Å². The van der Waals surface area contributed by atoms with E-state index in [1.165, 1.54) is 0 Å². The minimum Gasteiger partial charge on any atom is -0.496 e. The number of methoxy groups -OCH3 is 1. The number of amides is 1. The van der Waals surface area contributed by atoms with Gasteiger partial charge < -0.3 is 19.1 Å². The van der Waals surface area contributed by atoms with Gasteiger partial charge in [0.25, 0.3) is 0 Å². The summed E-state index contributed by atoms with van der Waals surface area (Å²) in [5.74, 6) is 1.89. The summed E-state index contributed by atoms with van der Waals surface area (Å²) in [5, 5.41) is 0. The average Bonchev–Trinajstić information content (AvgIpc) is 2.34. The van der Waals surface area contributed by atoms with Crippen molar-refractivity contribution in [1.29, 1.82) is 0 Å². The fourth-order valence-corrected chi connectivity index (χ4v) is 2.62. The molecule has 0 radical (unpaired) electrons. The normalized spacial score (nSPS) is 15.2. The minimum atomic E-state index is -0.450. The molecule has 2 rings (SSSR count). The topological polar surface area (TPSA) is 48.0 Å². The van der Waals surface area contributed by atoms with Crippen molar-refractivity contribution in [1.82, 2.24) is 4.90 Å². The highest BCUT2D eigenvalue weighted by atomic mass is 79.9. The van der Waals surface area contributed by atoms with Crippen LogP contribution in [0.15, 0.2) is 22.7 Å². The van der Waals surface area contributed by atoms with Crippen LogP contribution in [-0.2, 0) is 4.74 Å². The number of carbonyl (C=O) groups excluding carboxylic acids is 1. The van der Waals surface area contributed by atoms with Crippen LogP contribution >= 0.6 is 15.9 Å². The van der Waals surface area contributed by atoms with Crippen molar-refractivity contribution in [2.24, 2.45) is 5.92 Å². The fraction of sp³-hybridized carbons (Fsp3) is 0.562. The van der Waals surface area contributed by atoms with E-state index in [2.05, 4.69) is 15.9 Å². The predicted molar refractivity (Wildman–Crippen MR) is 87.5 cm³/mol. The van der Waals surface area contributed by atoms with Crippen molar-refractivity contribution in [3.63, 3.8) is 0 Å². The van der Waals surface area contributed by atoms with Gasteiger partial charge in [-0.15, -0.1) is 0 Å². The van der Waals surface area contributed by atoms with Crippen molar-refractivity contribution in [3.8, 4) is 11.5 Å². The number of likely N-dealkylation sites (tertiary alicyclic amines) is 1. The Morgan fingerprint density at radius 3 is 2.59 bits per heavy atom. The third-order valence-corrected chi connectivity index (χ3v) is 3.84. The van der Waals surface area contributed by atoms with E-state index in [1.807, 2.05) is 39.0 Å². The second kappa shape index (κ2) is 6.77. The predicted octanol–water partition coefficient (Wildman–Crippen LogP) is 3.70. The van der Waals surface area contributed by atoms with Gasteiger partial charge in [0, 0.05) is 19.0 Å². The molecule has 5 nitrogen and oxygen atoms in total. The van der Waals surface area contributed by atoms with E-state index in [-0.39, 0.29) is 6.09 Å². The smallest absolute Gasteiger partial charge is 0.410 e. The molecular weight excluding hydrogens is 350 g/mol. The highest BCUT2D eigenvalue weighted by molar-refractivity contribution is 9.10. The molecule has 1 aliphatic heterocycles. The third-order valence-electron chi connectivity index (χ3n) is 3.22. The summed E-state index contributed by atoms with van der Waals surface area (Å²) in [4.78, 5) is 13.5. The summed E-state index contributed by atoms with van der Waals surface area (Å²) < 4.78 is 17.1. The molecule has 22 heavy (non-hydrogen) atoms. The molecule has 0 spiro atoms. The fourth-order valence-electron chi connectivity index (χ4n) is 2.10. The summed E-state index contributed by atoms with van der Waals surface area (Å²) in [7, 11) is 1.63. The van der Waals surface area contributed by atoms with Crippen LogP contribution in [0.25, 0.3) is 0 Å². The van der Waals surface area contributed by atoms with Crippen LogP contribution in [0.3, 0.4) is 0 Å². The molecule has 0 aromatic heterocycles. The maximum Gasteiger partial charge on any atom is 0.410 e. The van der Waals surface area contributed by atoms with Gasteiger partial charge >= 0.3 is 6.09 Å². The zero-order chi connectivity index (χ0) is 16.3. The van der Waals surface area contributed by atoms with Gasteiger partial charge in [0.05, 0.1) is 18.2 Å². The minimum absolute atomic E-state index is 0.254. The van der Waals surface area contributed by atoms with Gasteiger partial charge in [0.2, 0.25) is 0 Å². The summed E-state index contributed by atoms with van der Waals surface area (Å²) >= 11 is 3.43. The molecule has 0 unspecified atom stereocenters. The van der Waals surface area contributed by atoms with Crippen molar-refractivity contribution < 1.29 is 19.0 Å². The van der Waals surface area contributed by atoms with Crippen LogP contribution in [0, 0.1) is 5.92 Å². The maximum absolute atomic E-state index is 11.8. The number of halogens is 1. The Morgan fingerprint density at radius 2 is 2.05 bits per heavy atom. The van der Waals surface area contributed by atoms with Crippen LogP contribution in [0.5, 0.6) is 11.5 Å². The number of ether oxygens (including phenoxy) is 3. The van der Waals surface area contributed by atoms with Crippen molar-refractivity contribution in [3.05, 3.63) is 22.7 Å². The van der Waals surface area contributed by atoms with Gasteiger partial charge in [-0.3, -0.25) is 0 Å². The van der Waals surface area contributed by atoms with E-state index in [4.69, 9.17) is 14.2 Å². The van der Waals surface area contributed by atoms with Crippen molar-refractivity contribution in [2.45, 2.75) is 26.4 Å². The Morgan fingerprint density at radius 1 is 1.36 bits per heavy atom.